The second kappa shape index (κ2) is 5.78. The molecular formula is C11H4Cl3FN2O3. The van der Waals surface area contributed by atoms with Crippen LogP contribution in [0.1, 0.15) is 0 Å². The van der Waals surface area contributed by atoms with Crippen molar-refractivity contribution in [1.29, 1.82) is 0 Å². The predicted molar refractivity (Wildman–Crippen MR) is 72.4 cm³/mol. The van der Waals surface area contributed by atoms with E-state index in [-0.39, 0.29) is 26.8 Å². The molecule has 0 saturated carbocycles. The summed E-state index contributed by atoms with van der Waals surface area (Å²) in [4.78, 5) is 13.8. The molecule has 0 saturated heterocycles. The van der Waals surface area contributed by atoms with Crippen LogP contribution in [0.4, 0.5) is 10.1 Å². The topological polar surface area (TPSA) is 65.3 Å². The van der Waals surface area contributed by atoms with Crippen LogP contribution in [-0.2, 0) is 0 Å². The lowest BCUT2D eigenvalue weighted by molar-refractivity contribution is -0.385. The summed E-state index contributed by atoms with van der Waals surface area (Å²) in [6.45, 7) is 0. The molecule has 0 atom stereocenters. The third-order valence-electron chi connectivity index (χ3n) is 2.18. The molecule has 1 aromatic carbocycles. The Morgan fingerprint density at radius 1 is 1.20 bits per heavy atom. The molecule has 104 valence electrons. The number of hydrogen-bond acceptors (Lipinski definition) is 4. The fourth-order valence-corrected chi connectivity index (χ4v) is 1.85. The Labute approximate surface area is 127 Å². The number of benzene rings is 1. The van der Waals surface area contributed by atoms with Gasteiger partial charge >= 0.3 is 5.69 Å². The van der Waals surface area contributed by atoms with Gasteiger partial charge in [0.05, 0.1) is 16.0 Å². The van der Waals surface area contributed by atoms with Gasteiger partial charge in [0.15, 0.2) is 5.15 Å². The van der Waals surface area contributed by atoms with Crippen molar-refractivity contribution in [3.8, 4) is 11.6 Å². The van der Waals surface area contributed by atoms with Gasteiger partial charge in [0, 0.05) is 0 Å². The molecule has 0 aliphatic carbocycles. The standard InChI is InChI=1S/C11H4Cl3FN2O3/c12-6-4-7(13)11(16-10(6)14)20-9-2-1-5(15)3-8(9)17(18)19/h1-4H. The molecule has 0 aliphatic heterocycles. The normalized spacial score (nSPS) is 10.4. The summed E-state index contributed by atoms with van der Waals surface area (Å²) in [6.07, 6.45) is 0. The third-order valence-corrected chi connectivity index (χ3v) is 3.12. The first-order chi connectivity index (χ1) is 9.38. The van der Waals surface area contributed by atoms with E-state index in [9.17, 15) is 14.5 Å². The SMILES string of the molecule is O=[N+]([O-])c1cc(F)ccc1Oc1nc(Cl)c(Cl)cc1Cl. The molecule has 0 amide bonds. The quantitative estimate of drug-likeness (QED) is 0.455. The van der Waals surface area contributed by atoms with Crippen molar-refractivity contribution in [3.63, 3.8) is 0 Å². The van der Waals surface area contributed by atoms with Crippen LogP contribution in [-0.4, -0.2) is 9.91 Å². The Hall–Kier alpha value is -1.63. The van der Waals surface area contributed by atoms with Crippen molar-refractivity contribution < 1.29 is 14.1 Å². The Balaban J connectivity index is 2.45. The lowest BCUT2D eigenvalue weighted by Gasteiger charge is -2.08. The summed E-state index contributed by atoms with van der Waals surface area (Å²) >= 11 is 17.2. The average molecular weight is 338 g/mol. The molecule has 0 unspecified atom stereocenters. The maximum Gasteiger partial charge on any atom is 0.314 e. The van der Waals surface area contributed by atoms with E-state index < -0.39 is 16.4 Å². The minimum Gasteiger partial charge on any atom is -0.430 e. The number of halogens is 4. The molecule has 0 radical (unpaired) electrons. The van der Waals surface area contributed by atoms with Crippen LogP contribution in [0.25, 0.3) is 0 Å². The highest BCUT2D eigenvalue weighted by Crippen LogP contribution is 2.36. The first kappa shape index (κ1) is 14.8. The summed E-state index contributed by atoms with van der Waals surface area (Å²) < 4.78 is 18.2. The second-order valence-corrected chi connectivity index (χ2v) is 4.69. The Morgan fingerprint density at radius 2 is 1.90 bits per heavy atom. The first-order valence-electron chi connectivity index (χ1n) is 5.02. The smallest absolute Gasteiger partial charge is 0.314 e. The van der Waals surface area contributed by atoms with Gasteiger partial charge in [0.25, 0.3) is 0 Å². The molecule has 1 aromatic heterocycles. The summed E-state index contributed by atoms with van der Waals surface area (Å²) in [7, 11) is 0. The highest BCUT2D eigenvalue weighted by atomic mass is 35.5. The number of nitro benzene ring substituents is 1. The van der Waals surface area contributed by atoms with Crippen LogP contribution in [0.3, 0.4) is 0 Å². The van der Waals surface area contributed by atoms with Gasteiger partial charge in [-0.3, -0.25) is 10.1 Å². The van der Waals surface area contributed by atoms with Gasteiger partial charge in [-0.1, -0.05) is 34.8 Å². The second-order valence-electron chi connectivity index (χ2n) is 3.52. The van der Waals surface area contributed by atoms with Gasteiger partial charge in [-0.05, 0) is 18.2 Å². The van der Waals surface area contributed by atoms with Gasteiger partial charge < -0.3 is 4.74 Å². The minimum atomic E-state index is -0.788. The maximum absolute atomic E-state index is 13.0. The molecule has 1 heterocycles. The van der Waals surface area contributed by atoms with E-state index in [1.165, 1.54) is 6.07 Å². The van der Waals surface area contributed by atoms with E-state index in [0.29, 0.717) is 0 Å². The van der Waals surface area contributed by atoms with Crippen LogP contribution in [0.2, 0.25) is 15.2 Å². The molecule has 0 bridgehead atoms. The summed E-state index contributed by atoms with van der Waals surface area (Å²) in [5, 5.41) is 10.9. The third kappa shape index (κ3) is 3.09. The van der Waals surface area contributed by atoms with E-state index in [0.717, 1.165) is 18.2 Å². The van der Waals surface area contributed by atoms with Gasteiger partial charge in [0.1, 0.15) is 10.8 Å². The number of nitro groups is 1. The van der Waals surface area contributed by atoms with Gasteiger partial charge in [-0.25, -0.2) is 4.39 Å². The lowest BCUT2D eigenvalue weighted by Crippen LogP contribution is -1.96. The van der Waals surface area contributed by atoms with E-state index in [1.807, 2.05) is 0 Å². The Bertz CT molecular complexity index is 697. The van der Waals surface area contributed by atoms with Gasteiger partial charge in [-0.15, -0.1) is 0 Å². The molecule has 0 aliphatic rings. The summed E-state index contributed by atoms with van der Waals surface area (Å²) in [5.41, 5.74) is -0.561. The number of pyridine rings is 1. The number of ether oxygens (including phenoxy) is 1. The molecule has 0 fully saturated rings. The minimum absolute atomic E-state index is 0.0121. The van der Waals surface area contributed by atoms with Crippen molar-refractivity contribution in [2.24, 2.45) is 0 Å². The van der Waals surface area contributed by atoms with E-state index in [2.05, 4.69) is 4.98 Å². The van der Waals surface area contributed by atoms with Crippen LogP contribution in [0, 0.1) is 15.9 Å². The fraction of sp³-hybridized carbons (Fsp3) is 0. The summed E-state index contributed by atoms with van der Waals surface area (Å²) in [5.74, 6) is -1.16. The van der Waals surface area contributed by atoms with Crippen molar-refractivity contribution in [3.05, 3.63) is 55.4 Å². The van der Waals surface area contributed by atoms with Crippen molar-refractivity contribution >= 4 is 40.5 Å². The van der Waals surface area contributed by atoms with E-state index >= 15 is 0 Å². The Morgan fingerprint density at radius 3 is 2.55 bits per heavy atom. The van der Waals surface area contributed by atoms with E-state index in [1.54, 1.807) is 0 Å². The predicted octanol–water partition coefficient (Wildman–Crippen LogP) is 4.88. The number of nitrogens with zero attached hydrogens (tertiary/aromatic N) is 2. The molecular weight excluding hydrogens is 333 g/mol. The van der Waals surface area contributed by atoms with Crippen molar-refractivity contribution in [2.75, 3.05) is 0 Å². The molecule has 2 rings (SSSR count). The number of hydrogen-bond donors (Lipinski definition) is 0. The zero-order chi connectivity index (χ0) is 14.9. The van der Waals surface area contributed by atoms with Crippen molar-refractivity contribution in [1.82, 2.24) is 4.98 Å². The maximum atomic E-state index is 13.0. The molecule has 0 spiro atoms. The number of aromatic nitrogens is 1. The monoisotopic (exact) mass is 336 g/mol. The van der Waals surface area contributed by atoms with E-state index in [4.69, 9.17) is 39.5 Å². The zero-order valence-electron chi connectivity index (χ0n) is 9.44. The van der Waals surface area contributed by atoms with Crippen LogP contribution >= 0.6 is 34.8 Å². The number of rotatable bonds is 3. The van der Waals surface area contributed by atoms with Crippen LogP contribution in [0.15, 0.2) is 24.3 Å². The highest BCUT2D eigenvalue weighted by Gasteiger charge is 2.19. The molecule has 20 heavy (non-hydrogen) atoms. The first-order valence-corrected chi connectivity index (χ1v) is 6.15. The van der Waals surface area contributed by atoms with Gasteiger partial charge in [-0.2, -0.15) is 4.98 Å². The fourth-order valence-electron chi connectivity index (χ4n) is 1.32. The lowest BCUT2D eigenvalue weighted by atomic mass is 10.3. The van der Waals surface area contributed by atoms with Crippen molar-refractivity contribution in [2.45, 2.75) is 0 Å². The zero-order valence-corrected chi connectivity index (χ0v) is 11.7. The van der Waals surface area contributed by atoms with Crippen LogP contribution in [0.5, 0.6) is 11.6 Å². The largest absolute Gasteiger partial charge is 0.430 e. The van der Waals surface area contributed by atoms with Gasteiger partial charge in [0.2, 0.25) is 11.6 Å². The molecule has 9 heteroatoms. The van der Waals surface area contributed by atoms with Crippen LogP contribution < -0.4 is 4.74 Å². The molecule has 5 nitrogen and oxygen atoms in total. The summed E-state index contributed by atoms with van der Waals surface area (Å²) in [6, 6.07) is 4.10. The Kier molecular flexibility index (Phi) is 4.27. The molecule has 2 aromatic rings. The molecule has 0 N–H and O–H groups in total. The highest BCUT2D eigenvalue weighted by molar-refractivity contribution is 6.42. The average Bonchev–Trinajstić information content (AvgIpc) is 2.37.